The minimum Gasteiger partial charge on any atom is -0.481 e. The standard InChI is InChI=1S/C12H18N2O3S/c1-8(2)10(11(15)16)6-14-12(17)13-5-9-3-4-18-7-9/h3-4,7-8,10H,5-6H2,1-2H3,(H,15,16)(H2,13,14,17). The van der Waals surface area contributed by atoms with Crippen LogP contribution in [0.1, 0.15) is 19.4 Å². The van der Waals surface area contributed by atoms with Crippen LogP contribution in [0.4, 0.5) is 4.79 Å². The molecule has 1 rings (SSSR count). The summed E-state index contributed by atoms with van der Waals surface area (Å²) in [5, 5.41) is 18.1. The second-order valence-corrected chi connectivity index (χ2v) is 5.16. The maximum absolute atomic E-state index is 11.5. The number of carboxylic acids is 1. The van der Waals surface area contributed by atoms with Gasteiger partial charge in [0.15, 0.2) is 0 Å². The Morgan fingerprint density at radius 1 is 1.39 bits per heavy atom. The second kappa shape index (κ2) is 7.00. The summed E-state index contributed by atoms with van der Waals surface area (Å²) in [4.78, 5) is 22.4. The van der Waals surface area contributed by atoms with Crippen LogP contribution in [-0.4, -0.2) is 23.7 Å². The van der Waals surface area contributed by atoms with E-state index in [1.807, 2.05) is 30.7 Å². The first kappa shape index (κ1) is 14.5. The first-order valence-corrected chi connectivity index (χ1v) is 6.70. The van der Waals surface area contributed by atoms with Gasteiger partial charge in [0.1, 0.15) is 0 Å². The summed E-state index contributed by atoms with van der Waals surface area (Å²) in [5.74, 6) is -1.46. The van der Waals surface area contributed by atoms with Crippen molar-refractivity contribution in [1.29, 1.82) is 0 Å². The smallest absolute Gasteiger partial charge is 0.315 e. The first-order valence-electron chi connectivity index (χ1n) is 5.76. The molecule has 100 valence electrons. The van der Waals surface area contributed by atoms with Crippen LogP contribution in [0.2, 0.25) is 0 Å². The minimum absolute atomic E-state index is 0.0142. The van der Waals surface area contributed by atoms with E-state index in [0.29, 0.717) is 6.54 Å². The molecule has 1 aromatic heterocycles. The zero-order valence-corrected chi connectivity index (χ0v) is 11.3. The number of carbonyl (C=O) groups excluding carboxylic acids is 1. The summed E-state index contributed by atoms with van der Waals surface area (Å²) in [6, 6.07) is 1.59. The molecule has 1 unspecified atom stereocenters. The Morgan fingerprint density at radius 3 is 2.61 bits per heavy atom. The molecule has 1 atom stereocenters. The third kappa shape index (κ3) is 4.75. The number of rotatable bonds is 6. The lowest BCUT2D eigenvalue weighted by Gasteiger charge is -2.16. The van der Waals surface area contributed by atoms with Gasteiger partial charge in [0.2, 0.25) is 0 Å². The van der Waals surface area contributed by atoms with Crippen molar-refractivity contribution in [3.05, 3.63) is 22.4 Å². The van der Waals surface area contributed by atoms with E-state index in [-0.39, 0.29) is 18.5 Å². The number of thiophene rings is 1. The monoisotopic (exact) mass is 270 g/mol. The Balaban J connectivity index is 2.29. The van der Waals surface area contributed by atoms with Crippen LogP contribution in [0.25, 0.3) is 0 Å². The van der Waals surface area contributed by atoms with Crippen molar-refractivity contribution in [3.8, 4) is 0 Å². The van der Waals surface area contributed by atoms with Crippen LogP contribution in [0.5, 0.6) is 0 Å². The van der Waals surface area contributed by atoms with E-state index in [4.69, 9.17) is 5.11 Å². The van der Waals surface area contributed by atoms with Gasteiger partial charge in [-0.2, -0.15) is 11.3 Å². The topological polar surface area (TPSA) is 78.4 Å². The van der Waals surface area contributed by atoms with Gasteiger partial charge < -0.3 is 15.7 Å². The number of nitrogens with one attached hydrogen (secondary N) is 2. The molecule has 2 amide bonds. The van der Waals surface area contributed by atoms with Crippen molar-refractivity contribution in [3.63, 3.8) is 0 Å². The van der Waals surface area contributed by atoms with Crippen molar-refractivity contribution in [2.75, 3.05) is 6.54 Å². The molecule has 1 aromatic rings. The number of aliphatic carboxylic acids is 1. The van der Waals surface area contributed by atoms with Gasteiger partial charge in [-0.3, -0.25) is 4.79 Å². The lowest BCUT2D eigenvalue weighted by Crippen LogP contribution is -2.40. The zero-order valence-electron chi connectivity index (χ0n) is 10.5. The Bertz CT molecular complexity index is 390. The van der Waals surface area contributed by atoms with Crippen molar-refractivity contribution >= 4 is 23.3 Å². The zero-order chi connectivity index (χ0) is 13.5. The van der Waals surface area contributed by atoms with E-state index in [2.05, 4.69) is 10.6 Å². The normalized spacial score (nSPS) is 12.2. The van der Waals surface area contributed by atoms with Gasteiger partial charge in [0.25, 0.3) is 0 Å². The number of carboxylic acid groups (broad SMARTS) is 1. The molecular formula is C12H18N2O3S. The highest BCUT2D eigenvalue weighted by atomic mass is 32.1. The molecule has 0 aliphatic heterocycles. The van der Waals surface area contributed by atoms with Crippen LogP contribution >= 0.6 is 11.3 Å². The number of urea groups is 1. The number of hydrogen-bond acceptors (Lipinski definition) is 3. The van der Waals surface area contributed by atoms with Gasteiger partial charge in [0.05, 0.1) is 5.92 Å². The molecule has 0 radical (unpaired) electrons. The molecule has 0 aliphatic carbocycles. The lowest BCUT2D eigenvalue weighted by molar-refractivity contribution is -0.142. The number of carbonyl (C=O) groups is 2. The van der Waals surface area contributed by atoms with Crippen LogP contribution in [0.3, 0.4) is 0 Å². The Hall–Kier alpha value is -1.56. The molecule has 0 fully saturated rings. The second-order valence-electron chi connectivity index (χ2n) is 4.38. The van der Waals surface area contributed by atoms with Crippen LogP contribution in [0.15, 0.2) is 16.8 Å². The summed E-state index contributed by atoms with van der Waals surface area (Å²) in [5.41, 5.74) is 1.04. The minimum atomic E-state index is -0.886. The molecular weight excluding hydrogens is 252 g/mol. The van der Waals surface area contributed by atoms with Gasteiger partial charge in [-0.05, 0) is 28.3 Å². The summed E-state index contributed by atoms with van der Waals surface area (Å²) in [6.07, 6.45) is 0. The maximum Gasteiger partial charge on any atom is 0.315 e. The fourth-order valence-electron chi connectivity index (χ4n) is 1.45. The molecule has 18 heavy (non-hydrogen) atoms. The van der Waals surface area contributed by atoms with Crippen LogP contribution < -0.4 is 10.6 Å². The summed E-state index contributed by atoms with van der Waals surface area (Å²) >= 11 is 1.57. The highest BCUT2D eigenvalue weighted by Gasteiger charge is 2.21. The van der Waals surface area contributed by atoms with Crippen molar-refractivity contribution < 1.29 is 14.7 Å². The molecule has 0 aromatic carbocycles. The van der Waals surface area contributed by atoms with E-state index in [1.54, 1.807) is 11.3 Å². The van der Waals surface area contributed by atoms with Gasteiger partial charge in [-0.1, -0.05) is 13.8 Å². The van der Waals surface area contributed by atoms with Gasteiger partial charge >= 0.3 is 12.0 Å². The highest BCUT2D eigenvalue weighted by molar-refractivity contribution is 7.07. The number of hydrogen-bond donors (Lipinski definition) is 3. The lowest BCUT2D eigenvalue weighted by atomic mass is 9.96. The number of amides is 2. The average Bonchev–Trinajstić information content (AvgIpc) is 2.78. The first-order chi connectivity index (χ1) is 8.50. The van der Waals surface area contributed by atoms with E-state index in [0.717, 1.165) is 5.56 Å². The van der Waals surface area contributed by atoms with Crippen LogP contribution in [-0.2, 0) is 11.3 Å². The van der Waals surface area contributed by atoms with Crippen molar-refractivity contribution in [2.24, 2.45) is 11.8 Å². The summed E-state index contributed by atoms with van der Waals surface area (Å²) < 4.78 is 0. The third-order valence-corrected chi connectivity index (χ3v) is 3.37. The molecule has 6 heteroatoms. The highest BCUT2D eigenvalue weighted by Crippen LogP contribution is 2.09. The Kier molecular flexibility index (Phi) is 5.64. The quantitative estimate of drug-likeness (QED) is 0.738. The largest absolute Gasteiger partial charge is 0.481 e. The molecule has 1 heterocycles. The third-order valence-electron chi connectivity index (χ3n) is 2.64. The predicted molar refractivity (Wildman–Crippen MR) is 70.5 cm³/mol. The predicted octanol–water partition coefficient (Wildman–Crippen LogP) is 1.90. The fraction of sp³-hybridized carbons (Fsp3) is 0.500. The molecule has 0 bridgehead atoms. The molecule has 3 N–H and O–H groups in total. The molecule has 0 saturated heterocycles. The van der Waals surface area contributed by atoms with E-state index in [9.17, 15) is 9.59 Å². The van der Waals surface area contributed by atoms with Crippen LogP contribution in [0, 0.1) is 11.8 Å². The SMILES string of the molecule is CC(C)C(CNC(=O)NCc1ccsc1)C(=O)O. The Labute approximate surface area is 110 Å². The van der Waals surface area contributed by atoms with Crippen molar-refractivity contribution in [2.45, 2.75) is 20.4 Å². The fourth-order valence-corrected chi connectivity index (χ4v) is 2.12. The van der Waals surface area contributed by atoms with E-state index in [1.165, 1.54) is 0 Å². The van der Waals surface area contributed by atoms with Gasteiger partial charge in [-0.15, -0.1) is 0 Å². The van der Waals surface area contributed by atoms with Gasteiger partial charge in [-0.25, -0.2) is 4.79 Å². The molecule has 0 spiro atoms. The van der Waals surface area contributed by atoms with E-state index < -0.39 is 11.9 Å². The summed E-state index contributed by atoms with van der Waals surface area (Å²) in [7, 11) is 0. The molecule has 0 saturated carbocycles. The van der Waals surface area contributed by atoms with Crippen molar-refractivity contribution in [1.82, 2.24) is 10.6 Å². The average molecular weight is 270 g/mol. The van der Waals surface area contributed by atoms with E-state index >= 15 is 0 Å². The molecule has 5 nitrogen and oxygen atoms in total. The Morgan fingerprint density at radius 2 is 2.11 bits per heavy atom. The van der Waals surface area contributed by atoms with Gasteiger partial charge in [0, 0.05) is 13.1 Å². The maximum atomic E-state index is 11.5. The molecule has 0 aliphatic rings. The summed E-state index contributed by atoms with van der Waals surface area (Å²) in [6.45, 7) is 4.24.